The van der Waals surface area contributed by atoms with E-state index >= 15 is 0 Å². The molecule has 1 aliphatic rings. The molecule has 10 nitrogen and oxygen atoms in total. The van der Waals surface area contributed by atoms with Crippen molar-refractivity contribution in [2.75, 3.05) is 36.5 Å². The third-order valence-electron chi connectivity index (χ3n) is 4.98. The zero-order chi connectivity index (χ0) is 21.3. The highest BCUT2D eigenvalue weighted by atomic mass is 35.5. The van der Waals surface area contributed by atoms with Crippen molar-refractivity contribution in [1.29, 1.82) is 0 Å². The van der Waals surface area contributed by atoms with Crippen molar-refractivity contribution in [2.24, 2.45) is 7.05 Å². The number of amides is 1. The average molecular weight is 433 g/mol. The Kier molecular flexibility index (Phi) is 5.60. The second-order valence-corrected chi connectivity index (χ2v) is 7.39. The smallest absolute Gasteiger partial charge is 0.329 e. The number of H-pyrrole nitrogens is 2. The number of para-hydroxylation sites is 1. The minimum Gasteiger partial charge on any atom is -0.378 e. The van der Waals surface area contributed by atoms with Gasteiger partial charge in [0.05, 0.1) is 29.6 Å². The monoisotopic (exact) mass is 432 g/mol. The summed E-state index contributed by atoms with van der Waals surface area (Å²) < 4.78 is 6.64. The first-order valence-electron chi connectivity index (χ1n) is 9.53. The number of fused-ring (bicyclic) bond motifs is 1. The number of aromatic amines is 2. The van der Waals surface area contributed by atoms with Crippen LogP contribution >= 0.6 is 11.6 Å². The Balaban J connectivity index is 1.48. The molecule has 11 heteroatoms. The summed E-state index contributed by atoms with van der Waals surface area (Å²) in [7, 11) is 1.52. The summed E-state index contributed by atoms with van der Waals surface area (Å²) in [5.74, 6) is 0.237. The van der Waals surface area contributed by atoms with Crippen LogP contribution in [0.1, 0.15) is 12.2 Å². The average Bonchev–Trinajstić information content (AvgIpc) is 3.17. The maximum Gasteiger partial charge on any atom is 0.329 e. The Morgan fingerprint density at radius 2 is 2.03 bits per heavy atom. The number of nitrogens with one attached hydrogen (secondary N) is 3. The highest BCUT2D eigenvalue weighted by Gasteiger charge is 2.19. The summed E-state index contributed by atoms with van der Waals surface area (Å²) in [4.78, 5) is 47.6. The van der Waals surface area contributed by atoms with Crippen molar-refractivity contribution in [3.8, 4) is 0 Å². The van der Waals surface area contributed by atoms with Crippen molar-refractivity contribution in [1.82, 2.24) is 19.5 Å². The molecule has 0 bridgehead atoms. The number of carbonyl (C=O) groups is 1. The number of halogens is 1. The van der Waals surface area contributed by atoms with Gasteiger partial charge in [-0.15, -0.1) is 0 Å². The summed E-state index contributed by atoms with van der Waals surface area (Å²) in [6.45, 7) is 2.59. The van der Waals surface area contributed by atoms with Crippen molar-refractivity contribution in [3.63, 3.8) is 0 Å². The normalized spacial score (nSPS) is 14.3. The van der Waals surface area contributed by atoms with Gasteiger partial charge in [0.25, 0.3) is 5.56 Å². The molecule has 1 saturated heterocycles. The number of aromatic nitrogens is 4. The molecule has 1 amide bonds. The lowest BCUT2D eigenvalue weighted by Crippen LogP contribution is -2.37. The molecule has 1 fully saturated rings. The van der Waals surface area contributed by atoms with Crippen LogP contribution in [0.4, 0.5) is 11.4 Å². The van der Waals surface area contributed by atoms with Gasteiger partial charge in [-0.3, -0.25) is 19.1 Å². The van der Waals surface area contributed by atoms with Crippen LogP contribution in [-0.2, 0) is 23.0 Å². The van der Waals surface area contributed by atoms with E-state index in [-0.39, 0.29) is 29.9 Å². The highest BCUT2D eigenvalue weighted by Crippen LogP contribution is 2.34. The molecule has 1 aliphatic heterocycles. The van der Waals surface area contributed by atoms with E-state index in [1.54, 1.807) is 12.1 Å². The van der Waals surface area contributed by atoms with E-state index in [1.165, 1.54) is 11.6 Å². The van der Waals surface area contributed by atoms with Gasteiger partial charge in [0.15, 0.2) is 5.65 Å². The Bertz CT molecular complexity index is 1210. The SMILES string of the molecule is Cn1c(=O)[nH]c(=O)c2[nH]c(CCC(=O)Nc3cccc(Cl)c3N3CCOCC3)nc21. The molecular weight excluding hydrogens is 412 g/mol. The van der Waals surface area contributed by atoms with Gasteiger partial charge in [0.2, 0.25) is 5.91 Å². The number of hydrogen-bond acceptors (Lipinski definition) is 6. The Morgan fingerprint density at radius 1 is 1.27 bits per heavy atom. The highest BCUT2D eigenvalue weighted by molar-refractivity contribution is 6.34. The second-order valence-electron chi connectivity index (χ2n) is 6.98. The van der Waals surface area contributed by atoms with Crippen LogP contribution in [0.25, 0.3) is 11.2 Å². The summed E-state index contributed by atoms with van der Waals surface area (Å²) in [5, 5.41) is 3.48. The summed E-state index contributed by atoms with van der Waals surface area (Å²) in [6.07, 6.45) is 0.419. The molecule has 3 heterocycles. The van der Waals surface area contributed by atoms with Gasteiger partial charge in [-0.25, -0.2) is 9.78 Å². The predicted molar refractivity (Wildman–Crippen MR) is 113 cm³/mol. The van der Waals surface area contributed by atoms with Gasteiger partial charge in [-0.2, -0.15) is 0 Å². The quantitative estimate of drug-likeness (QED) is 0.552. The number of rotatable bonds is 5. The lowest BCUT2D eigenvalue weighted by molar-refractivity contribution is -0.116. The molecular formula is C19H21ClN6O4. The lowest BCUT2D eigenvalue weighted by Gasteiger charge is -2.31. The van der Waals surface area contributed by atoms with E-state index in [4.69, 9.17) is 16.3 Å². The van der Waals surface area contributed by atoms with Crippen molar-refractivity contribution >= 4 is 40.0 Å². The largest absolute Gasteiger partial charge is 0.378 e. The van der Waals surface area contributed by atoms with Crippen LogP contribution in [0.15, 0.2) is 27.8 Å². The molecule has 2 aromatic heterocycles. The summed E-state index contributed by atoms with van der Waals surface area (Å²) in [6, 6.07) is 5.39. The van der Waals surface area contributed by atoms with Gasteiger partial charge < -0.3 is 19.9 Å². The summed E-state index contributed by atoms with van der Waals surface area (Å²) >= 11 is 6.40. The standard InChI is InChI=1S/C19H21ClN6O4/c1-25-17-15(18(28)24-19(25)29)22-13(23-17)5-6-14(27)21-12-4-2-3-11(20)16(12)26-7-9-30-10-8-26/h2-4H,5-10H2,1H3,(H,21,27)(H,22,23)(H,24,28,29). The molecule has 3 N–H and O–H groups in total. The molecule has 0 radical (unpaired) electrons. The molecule has 0 spiro atoms. The maximum absolute atomic E-state index is 12.6. The van der Waals surface area contributed by atoms with Crippen molar-refractivity contribution < 1.29 is 9.53 Å². The van der Waals surface area contributed by atoms with Gasteiger partial charge in [-0.05, 0) is 12.1 Å². The molecule has 1 aromatic carbocycles. The Hall–Kier alpha value is -3.11. The molecule has 158 valence electrons. The third kappa shape index (κ3) is 3.96. The molecule has 4 rings (SSSR count). The number of anilines is 2. The number of benzene rings is 1. The maximum atomic E-state index is 12.6. The van der Waals surface area contributed by atoms with E-state index in [2.05, 4.69) is 25.2 Å². The fraction of sp³-hybridized carbons (Fsp3) is 0.368. The Morgan fingerprint density at radius 3 is 2.80 bits per heavy atom. The van der Waals surface area contributed by atoms with Crippen molar-refractivity contribution in [3.05, 3.63) is 49.9 Å². The molecule has 30 heavy (non-hydrogen) atoms. The van der Waals surface area contributed by atoms with Crippen LogP contribution in [0.2, 0.25) is 5.02 Å². The minimum atomic E-state index is -0.542. The van der Waals surface area contributed by atoms with E-state index in [0.29, 0.717) is 42.8 Å². The summed E-state index contributed by atoms with van der Waals surface area (Å²) in [5.41, 5.74) is 0.796. The lowest BCUT2D eigenvalue weighted by atomic mass is 10.2. The van der Waals surface area contributed by atoms with Crippen LogP contribution in [-0.4, -0.2) is 51.7 Å². The van der Waals surface area contributed by atoms with Crippen LogP contribution in [0.5, 0.6) is 0 Å². The fourth-order valence-electron chi connectivity index (χ4n) is 3.44. The molecule has 3 aromatic rings. The molecule has 0 unspecified atom stereocenters. The minimum absolute atomic E-state index is 0.140. The number of morpholine rings is 1. The van der Waals surface area contributed by atoms with Crippen molar-refractivity contribution in [2.45, 2.75) is 12.8 Å². The predicted octanol–water partition coefficient (Wildman–Crippen LogP) is 1.01. The zero-order valence-corrected chi connectivity index (χ0v) is 17.1. The van der Waals surface area contributed by atoms with E-state index < -0.39 is 11.2 Å². The molecule has 0 atom stereocenters. The number of aryl methyl sites for hydroxylation is 2. The molecule has 0 saturated carbocycles. The number of nitrogens with zero attached hydrogens (tertiary/aromatic N) is 3. The van der Waals surface area contributed by atoms with Crippen LogP contribution in [0, 0.1) is 0 Å². The van der Waals surface area contributed by atoms with Crippen LogP contribution in [0.3, 0.4) is 0 Å². The Labute approximate surface area is 175 Å². The van der Waals surface area contributed by atoms with E-state index in [0.717, 1.165) is 5.69 Å². The first kappa shape index (κ1) is 20.2. The zero-order valence-electron chi connectivity index (χ0n) is 16.3. The van der Waals surface area contributed by atoms with Gasteiger partial charge in [-0.1, -0.05) is 17.7 Å². The van der Waals surface area contributed by atoms with Gasteiger partial charge >= 0.3 is 5.69 Å². The van der Waals surface area contributed by atoms with Gasteiger partial charge in [0, 0.05) is 33.0 Å². The first-order chi connectivity index (χ1) is 14.4. The number of imidazole rings is 1. The van der Waals surface area contributed by atoms with E-state index in [1.807, 2.05) is 6.07 Å². The van der Waals surface area contributed by atoms with Crippen LogP contribution < -0.4 is 21.5 Å². The first-order valence-corrected chi connectivity index (χ1v) is 9.91. The second kappa shape index (κ2) is 8.33. The topological polar surface area (TPSA) is 125 Å². The number of ether oxygens (including phenoxy) is 1. The van der Waals surface area contributed by atoms with E-state index in [9.17, 15) is 14.4 Å². The fourth-order valence-corrected chi connectivity index (χ4v) is 3.73. The molecule has 0 aliphatic carbocycles. The number of hydrogen-bond donors (Lipinski definition) is 3. The van der Waals surface area contributed by atoms with Gasteiger partial charge in [0.1, 0.15) is 11.3 Å². The third-order valence-corrected chi connectivity index (χ3v) is 5.29. The number of carbonyl (C=O) groups excluding carboxylic acids is 1.